The van der Waals surface area contributed by atoms with E-state index in [-0.39, 0.29) is 6.54 Å². The summed E-state index contributed by atoms with van der Waals surface area (Å²) in [6, 6.07) is 8.39. The first kappa shape index (κ1) is 20.8. The smallest absolute Gasteiger partial charge is 0.416 e. The zero-order valence-corrected chi connectivity index (χ0v) is 15.5. The van der Waals surface area contributed by atoms with E-state index in [0.717, 1.165) is 12.1 Å². The predicted octanol–water partition coefficient (Wildman–Crippen LogP) is 3.60. The van der Waals surface area contributed by atoms with Gasteiger partial charge in [0.2, 0.25) is 0 Å². The second-order valence-corrected chi connectivity index (χ2v) is 6.47. The van der Waals surface area contributed by atoms with Gasteiger partial charge in [-0.25, -0.2) is 4.99 Å². The van der Waals surface area contributed by atoms with Gasteiger partial charge < -0.3 is 19.7 Å². The number of rotatable bonds is 6. The highest BCUT2D eigenvalue weighted by Gasteiger charge is 2.30. The molecular weight excluding hydrogens is 359 g/mol. The molecule has 0 saturated heterocycles. The van der Waals surface area contributed by atoms with E-state index in [0.29, 0.717) is 30.4 Å². The van der Waals surface area contributed by atoms with Crippen LogP contribution in [0, 0.1) is 0 Å². The quantitative estimate of drug-likeness (QED) is 0.591. The van der Waals surface area contributed by atoms with Gasteiger partial charge in [0, 0.05) is 20.1 Å². The molecular formula is C19H24F3N3O2. The van der Waals surface area contributed by atoms with Gasteiger partial charge in [0.15, 0.2) is 5.96 Å². The first-order valence-electron chi connectivity index (χ1n) is 8.55. The molecule has 1 unspecified atom stereocenters. The molecule has 0 aliphatic rings. The van der Waals surface area contributed by atoms with E-state index in [1.807, 2.05) is 6.92 Å². The summed E-state index contributed by atoms with van der Waals surface area (Å²) in [6.07, 6.45) is -2.87. The number of alkyl halides is 3. The van der Waals surface area contributed by atoms with Crippen LogP contribution >= 0.6 is 0 Å². The summed E-state index contributed by atoms with van der Waals surface area (Å²) >= 11 is 0. The fourth-order valence-corrected chi connectivity index (χ4v) is 2.51. The van der Waals surface area contributed by atoms with Crippen LogP contribution in [0.4, 0.5) is 13.2 Å². The molecule has 27 heavy (non-hydrogen) atoms. The van der Waals surface area contributed by atoms with Gasteiger partial charge in [0.25, 0.3) is 0 Å². The largest absolute Gasteiger partial charge is 0.466 e. The number of guanidine groups is 1. The molecule has 1 aromatic heterocycles. The summed E-state index contributed by atoms with van der Waals surface area (Å²) in [5, 5.41) is 13.6. The number of nitrogens with zero attached hydrogens (tertiary/aromatic N) is 2. The van der Waals surface area contributed by atoms with Crippen molar-refractivity contribution in [2.45, 2.75) is 32.2 Å². The highest BCUT2D eigenvalue weighted by Crippen LogP contribution is 2.29. The SMILES string of the molecule is CCNC(=NCC(C)(O)c1ccco1)N(C)Cc1ccc(C(F)(F)F)cc1. The van der Waals surface area contributed by atoms with Crippen LogP contribution in [0.3, 0.4) is 0 Å². The van der Waals surface area contributed by atoms with Gasteiger partial charge in [0.05, 0.1) is 18.4 Å². The predicted molar refractivity (Wildman–Crippen MR) is 97.2 cm³/mol. The van der Waals surface area contributed by atoms with Gasteiger partial charge in [0.1, 0.15) is 11.4 Å². The molecule has 5 nitrogen and oxygen atoms in total. The van der Waals surface area contributed by atoms with Crippen molar-refractivity contribution in [2.24, 2.45) is 4.99 Å². The lowest BCUT2D eigenvalue weighted by atomic mass is 10.0. The summed E-state index contributed by atoms with van der Waals surface area (Å²) in [5.74, 6) is 0.941. The third kappa shape index (κ3) is 5.75. The van der Waals surface area contributed by atoms with Gasteiger partial charge in [-0.1, -0.05) is 12.1 Å². The zero-order valence-electron chi connectivity index (χ0n) is 15.5. The molecule has 8 heteroatoms. The molecule has 1 heterocycles. The molecule has 2 aromatic rings. The Morgan fingerprint density at radius 2 is 1.89 bits per heavy atom. The highest BCUT2D eigenvalue weighted by atomic mass is 19.4. The van der Waals surface area contributed by atoms with E-state index in [1.165, 1.54) is 18.4 Å². The molecule has 2 N–H and O–H groups in total. The average molecular weight is 383 g/mol. The van der Waals surface area contributed by atoms with Gasteiger partial charge in [-0.05, 0) is 43.7 Å². The van der Waals surface area contributed by atoms with Crippen LogP contribution in [0.25, 0.3) is 0 Å². The van der Waals surface area contributed by atoms with Crippen molar-refractivity contribution >= 4 is 5.96 Å². The minimum Gasteiger partial charge on any atom is -0.466 e. The van der Waals surface area contributed by atoms with Crippen LogP contribution in [0.15, 0.2) is 52.1 Å². The number of hydrogen-bond acceptors (Lipinski definition) is 3. The summed E-state index contributed by atoms with van der Waals surface area (Å²) in [5.41, 5.74) is -1.22. The summed E-state index contributed by atoms with van der Waals surface area (Å²) in [6.45, 7) is 4.56. The van der Waals surface area contributed by atoms with E-state index in [2.05, 4.69) is 10.3 Å². The average Bonchev–Trinajstić information content (AvgIpc) is 3.13. The second kappa shape index (κ2) is 8.47. The zero-order chi connectivity index (χ0) is 20.1. The molecule has 1 aromatic carbocycles. The fraction of sp³-hybridized carbons (Fsp3) is 0.421. The highest BCUT2D eigenvalue weighted by molar-refractivity contribution is 5.79. The van der Waals surface area contributed by atoms with E-state index in [1.54, 1.807) is 31.0 Å². The van der Waals surface area contributed by atoms with Crippen LogP contribution in [-0.4, -0.2) is 36.1 Å². The van der Waals surface area contributed by atoms with Crippen molar-refractivity contribution in [1.29, 1.82) is 0 Å². The maximum absolute atomic E-state index is 12.7. The maximum Gasteiger partial charge on any atom is 0.416 e. The Balaban J connectivity index is 2.09. The van der Waals surface area contributed by atoms with Crippen LogP contribution < -0.4 is 5.32 Å². The third-order valence-corrected chi connectivity index (χ3v) is 3.99. The topological polar surface area (TPSA) is 61.0 Å². The molecule has 0 bridgehead atoms. The number of benzene rings is 1. The van der Waals surface area contributed by atoms with Crippen LogP contribution in [0.1, 0.15) is 30.7 Å². The number of furan rings is 1. The number of aliphatic imine (C=N–C) groups is 1. The molecule has 0 spiro atoms. The first-order chi connectivity index (χ1) is 12.6. The molecule has 2 rings (SSSR count). The Kier molecular flexibility index (Phi) is 6.54. The van der Waals surface area contributed by atoms with Gasteiger partial charge in [-0.3, -0.25) is 0 Å². The molecule has 148 valence electrons. The second-order valence-electron chi connectivity index (χ2n) is 6.47. The first-order valence-corrected chi connectivity index (χ1v) is 8.55. The van der Waals surface area contributed by atoms with Crippen molar-refractivity contribution in [2.75, 3.05) is 20.1 Å². The molecule has 0 saturated carbocycles. The lowest BCUT2D eigenvalue weighted by Crippen LogP contribution is -2.39. The fourth-order valence-electron chi connectivity index (χ4n) is 2.51. The molecule has 0 fully saturated rings. The summed E-state index contributed by atoms with van der Waals surface area (Å²) in [4.78, 5) is 6.22. The van der Waals surface area contributed by atoms with Crippen LogP contribution in [0.5, 0.6) is 0 Å². The van der Waals surface area contributed by atoms with E-state index >= 15 is 0 Å². The normalized spacial score (nSPS) is 14.7. The maximum atomic E-state index is 12.7. The monoisotopic (exact) mass is 383 g/mol. The van der Waals surface area contributed by atoms with Gasteiger partial charge >= 0.3 is 6.18 Å². The molecule has 0 aliphatic heterocycles. The molecule has 0 radical (unpaired) electrons. The van der Waals surface area contributed by atoms with Gasteiger partial charge in [-0.15, -0.1) is 0 Å². The molecule has 0 aliphatic carbocycles. The summed E-state index contributed by atoms with van der Waals surface area (Å²) in [7, 11) is 1.78. The van der Waals surface area contributed by atoms with Gasteiger partial charge in [-0.2, -0.15) is 13.2 Å². The van der Waals surface area contributed by atoms with Crippen molar-refractivity contribution < 1.29 is 22.7 Å². The number of aliphatic hydroxyl groups is 1. The minimum absolute atomic E-state index is 0.0696. The lowest BCUT2D eigenvalue weighted by Gasteiger charge is -2.24. The number of nitrogens with one attached hydrogen (secondary N) is 1. The Hall–Kier alpha value is -2.48. The Morgan fingerprint density at radius 3 is 2.41 bits per heavy atom. The molecule has 1 atom stereocenters. The number of hydrogen-bond donors (Lipinski definition) is 2. The Morgan fingerprint density at radius 1 is 1.22 bits per heavy atom. The molecule has 0 amide bonds. The minimum atomic E-state index is -4.35. The lowest BCUT2D eigenvalue weighted by molar-refractivity contribution is -0.137. The Labute approximate surface area is 156 Å². The van der Waals surface area contributed by atoms with Crippen molar-refractivity contribution in [3.8, 4) is 0 Å². The van der Waals surface area contributed by atoms with Crippen LogP contribution in [0.2, 0.25) is 0 Å². The van der Waals surface area contributed by atoms with Crippen molar-refractivity contribution in [1.82, 2.24) is 10.2 Å². The van der Waals surface area contributed by atoms with E-state index in [4.69, 9.17) is 4.42 Å². The summed E-state index contributed by atoms with van der Waals surface area (Å²) < 4.78 is 43.2. The standard InChI is InChI=1S/C19H24F3N3O2/c1-4-23-17(24-13-18(2,26)16-6-5-11-27-16)25(3)12-14-7-9-15(10-8-14)19(20,21)22/h5-11,26H,4,12-13H2,1-3H3,(H,23,24). The van der Waals surface area contributed by atoms with Crippen LogP contribution in [-0.2, 0) is 18.3 Å². The van der Waals surface area contributed by atoms with Crippen molar-refractivity contribution in [3.05, 3.63) is 59.5 Å². The Bertz CT molecular complexity index is 739. The van der Waals surface area contributed by atoms with E-state index in [9.17, 15) is 18.3 Å². The number of halogens is 3. The van der Waals surface area contributed by atoms with Crippen molar-refractivity contribution in [3.63, 3.8) is 0 Å². The third-order valence-electron chi connectivity index (χ3n) is 3.99. The van der Waals surface area contributed by atoms with E-state index < -0.39 is 17.3 Å².